The van der Waals surface area contributed by atoms with Gasteiger partial charge in [-0.05, 0) is 24.4 Å². The highest BCUT2D eigenvalue weighted by Crippen LogP contribution is 2.26. The number of nitrogens with one attached hydrogen (secondary N) is 2. The van der Waals surface area contributed by atoms with E-state index in [1.165, 1.54) is 12.1 Å². The topological polar surface area (TPSA) is 41.1 Å². The van der Waals surface area contributed by atoms with Crippen LogP contribution in [0.15, 0.2) is 30.3 Å². The van der Waals surface area contributed by atoms with Crippen LogP contribution in [0.3, 0.4) is 0 Å². The Morgan fingerprint density at radius 3 is 1.83 bits per heavy atom. The van der Waals surface area contributed by atoms with Gasteiger partial charge < -0.3 is 5.32 Å². The Hall–Kier alpha value is -2.55. The summed E-state index contributed by atoms with van der Waals surface area (Å²) in [5, 5.41) is 3.23. The fourth-order valence-corrected chi connectivity index (χ4v) is 1.82. The lowest BCUT2D eigenvalue weighted by molar-refractivity contribution is 0.0977. The second-order valence-electron chi connectivity index (χ2n) is 4.22. The van der Waals surface area contributed by atoms with Crippen molar-refractivity contribution in [2.24, 2.45) is 0 Å². The minimum atomic E-state index is -2.29. The van der Waals surface area contributed by atoms with Crippen molar-refractivity contribution in [1.82, 2.24) is 5.32 Å². The van der Waals surface area contributed by atoms with Crippen molar-refractivity contribution < 1.29 is 26.7 Å². The molecule has 2 rings (SSSR count). The Balaban J connectivity index is 2.20. The summed E-state index contributed by atoms with van der Waals surface area (Å²) < 4.78 is 65.9. The number of hydrogen-bond donors (Lipinski definition) is 2. The Morgan fingerprint density at radius 1 is 0.826 bits per heavy atom. The number of anilines is 1. The number of hydrogen-bond acceptors (Lipinski definition) is 2. The third-order valence-corrected chi connectivity index (χ3v) is 2.92. The van der Waals surface area contributed by atoms with Crippen LogP contribution < -0.4 is 10.6 Å². The molecule has 0 aliphatic carbocycles. The smallest absolute Gasteiger partial charge is 0.257 e. The maximum atomic E-state index is 13.5. The largest absolute Gasteiger partial charge is 0.327 e. The average molecular weight is 346 g/mol. The molecule has 0 atom stereocenters. The number of benzene rings is 2. The zero-order chi connectivity index (χ0) is 17.1. The van der Waals surface area contributed by atoms with Gasteiger partial charge in [0.05, 0.1) is 0 Å². The zero-order valence-electron chi connectivity index (χ0n) is 11.1. The molecule has 2 aromatic carbocycles. The van der Waals surface area contributed by atoms with Crippen LogP contribution >= 0.6 is 12.2 Å². The molecular weight excluding hydrogens is 339 g/mol. The maximum absolute atomic E-state index is 13.5. The first kappa shape index (κ1) is 16.8. The van der Waals surface area contributed by atoms with E-state index < -0.39 is 45.8 Å². The third kappa shape index (κ3) is 3.45. The van der Waals surface area contributed by atoms with Crippen LogP contribution in [-0.4, -0.2) is 11.0 Å². The molecule has 0 unspecified atom stereocenters. The van der Waals surface area contributed by atoms with Gasteiger partial charge >= 0.3 is 0 Å². The molecule has 0 saturated heterocycles. The summed E-state index contributed by atoms with van der Waals surface area (Å²) in [6.07, 6.45) is 0. The first-order valence-corrected chi connectivity index (χ1v) is 6.42. The molecule has 3 nitrogen and oxygen atoms in total. The second-order valence-corrected chi connectivity index (χ2v) is 4.63. The van der Waals surface area contributed by atoms with Gasteiger partial charge in [-0.1, -0.05) is 18.2 Å². The molecule has 1 amide bonds. The molecule has 0 aliphatic heterocycles. The summed E-state index contributed by atoms with van der Waals surface area (Å²) in [7, 11) is 0. The van der Waals surface area contributed by atoms with Gasteiger partial charge in [0.25, 0.3) is 5.91 Å². The van der Waals surface area contributed by atoms with Gasteiger partial charge in [0.2, 0.25) is 5.82 Å². The predicted molar refractivity (Wildman–Crippen MR) is 76.4 cm³/mol. The van der Waals surface area contributed by atoms with Gasteiger partial charge in [0.15, 0.2) is 28.4 Å². The zero-order valence-corrected chi connectivity index (χ0v) is 11.9. The normalized spacial score (nSPS) is 10.3. The fraction of sp³-hybridized carbons (Fsp3) is 0. The molecule has 120 valence electrons. The van der Waals surface area contributed by atoms with E-state index in [2.05, 4.69) is 17.5 Å². The molecule has 23 heavy (non-hydrogen) atoms. The van der Waals surface area contributed by atoms with Crippen molar-refractivity contribution >= 4 is 28.9 Å². The first-order chi connectivity index (χ1) is 10.8. The Kier molecular flexibility index (Phi) is 4.89. The lowest BCUT2D eigenvalue weighted by atomic mass is 10.2. The first-order valence-electron chi connectivity index (χ1n) is 6.01. The van der Waals surface area contributed by atoms with E-state index in [-0.39, 0.29) is 5.56 Å². The van der Waals surface area contributed by atoms with E-state index in [0.29, 0.717) is 0 Å². The van der Waals surface area contributed by atoms with E-state index in [4.69, 9.17) is 0 Å². The SMILES string of the molecule is O=C(NC(=S)Nc1c(F)c(F)c(F)c(F)c1F)c1ccccc1. The van der Waals surface area contributed by atoms with Gasteiger partial charge in [-0.15, -0.1) is 0 Å². The van der Waals surface area contributed by atoms with Gasteiger partial charge in [-0.3, -0.25) is 10.1 Å². The number of amides is 1. The summed E-state index contributed by atoms with van der Waals surface area (Å²) >= 11 is 4.64. The third-order valence-electron chi connectivity index (χ3n) is 2.71. The van der Waals surface area contributed by atoms with Gasteiger partial charge in [-0.2, -0.15) is 0 Å². The van der Waals surface area contributed by atoms with Crippen molar-refractivity contribution in [1.29, 1.82) is 0 Å². The van der Waals surface area contributed by atoms with Crippen molar-refractivity contribution in [3.05, 3.63) is 65.0 Å². The lowest BCUT2D eigenvalue weighted by Gasteiger charge is -2.12. The molecule has 9 heteroatoms. The summed E-state index contributed by atoms with van der Waals surface area (Å²) in [6.45, 7) is 0. The standard InChI is InChI=1S/C14H7F5N2OS/c15-7-8(16)10(18)12(11(19)9(7)17)20-14(23)21-13(22)6-4-2-1-3-5-6/h1-5H,(H2,20,21,22,23). The maximum Gasteiger partial charge on any atom is 0.257 e. The Morgan fingerprint density at radius 2 is 1.30 bits per heavy atom. The molecule has 0 saturated carbocycles. The number of carbonyl (C=O) groups excluding carboxylic acids is 1. The van der Waals surface area contributed by atoms with Crippen LogP contribution in [0.5, 0.6) is 0 Å². The number of halogens is 5. The van der Waals surface area contributed by atoms with E-state index in [9.17, 15) is 26.7 Å². The van der Waals surface area contributed by atoms with Crippen molar-refractivity contribution in [3.8, 4) is 0 Å². The lowest BCUT2D eigenvalue weighted by Crippen LogP contribution is -2.34. The van der Waals surface area contributed by atoms with Gasteiger partial charge in [0.1, 0.15) is 5.69 Å². The highest BCUT2D eigenvalue weighted by molar-refractivity contribution is 7.80. The van der Waals surface area contributed by atoms with E-state index in [0.717, 1.165) is 0 Å². The molecule has 0 spiro atoms. The number of rotatable bonds is 2. The van der Waals surface area contributed by atoms with Gasteiger partial charge in [0, 0.05) is 5.56 Å². The van der Waals surface area contributed by atoms with Crippen LogP contribution in [0.2, 0.25) is 0 Å². The quantitative estimate of drug-likeness (QED) is 0.378. The van der Waals surface area contributed by atoms with Crippen LogP contribution in [0.25, 0.3) is 0 Å². The van der Waals surface area contributed by atoms with Crippen molar-refractivity contribution in [2.75, 3.05) is 5.32 Å². The minimum Gasteiger partial charge on any atom is -0.327 e. The van der Waals surface area contributed by atoms with Crippen LogP contribution in [0.1, 0.15) is 10.4 Å². The highest BCUT2D eigenvalue weighted by atomic mass is 32.1. The van der Waals surface area contributed by atoms with Crippen LogP contribution in [-0.2, 0) is 0 Å². The fourth-order valence-electron chi connectivity index (χ4n) is 1.62. The Bertz CT molecular complexity index is 753. The van der Waals surface area contributed by atoms with Crippen LogP contribution in [0, 0.1) is 29.1 Å². The number of carbonyl (C=O) groups is 1. The van der Waals surface area contributed by atoms with E-state index in [1.54, 1.807) is 23.5 Å². The summed E-state index contributed by atoms with van der Waals surface area (Å²) in [5.74, 6) is -11.4. The molecule has 0 bridgehead atoms. The average Bonchev–Trinajstić information content (AvgIpc) is 2.56. The molecule has 0 aliphatic rings. The Labute approximate surface area is 132 Å². The molecular formula is C14H7F5N2OS. The predicted octanol–water partition coefficient (Wildman–Crippen LogP) is 3.51. The van der Waals surface area contributed by atoms with Crippen LogP contribution in [0.4, 0.5) is 27.6 Å². The minimum absolute atomic E-state index is 0.189. The van der Waals surface area contributed by atoms with E-state index in [1.807, 2.05) is 0 Å². The summed E-state index contributed by atoms with van der Waals surface area (Å²) in [6, 6.07) is 7.67. The van der Waals surface area contributed by atoms with Gasteiger partial charge in [-0.25, -0.2) is 22.0 Å². The summed E-state index contributed by atoms with van der Waals surface area (Å²) in [5.41, 5.74) is -1.16. The van der Waals surface area contributed by atoms with E-state index >= 15 is 0 Å². The molecule has 0 aromatic heterocycles. The molecule has 2 aromatic rings. The monoisotopic (exact) mass is 346 g/mol. The van der Waals surface area contributed by atoms with Crippen molar-refractivity contribution in [2.45, 2.75) is 0 Å². The molecule has 2 N–H and O–H groups in total. The molecule has 0 radical (unpaired) electrons. The van der Waals surface area contributed by atoms with Crippen molar-refractivity contribution in [3.63, 3.8) is 0 Å². The summed E-state index contributed by atoms with van der Waals surface area (Å²) in [4.78, 5) is 11.8. The molecule has 0 heterocycles. The second kappa shape index (κ2) is 6.69. The molecule has 0 fully saturated rings. The number of thiocarbonyl (C=S) groups is 1. The highest BCUT2D eigenvalue weighted by Gasteiger charge is 2.26.